The fourth-order valence-corrected chi connectivity index (χ4v) is 2.45. The smallest absolute Gasteiger partial charge is 0.354 e. The van der Waals surface area contributed by atoms with Crippen LogP contribution in [0.4, 0.5) is 0 Å². The van der Waals surface area contributed by atoms with Crippen molar-refractivity contribution in [1.82, 2.24) is 4.57 Å². The van der Waals surface area contributed by atoms with E-state index in [4.69, 9.17) is 15.4 Å². The Hall–Kier alpha value is -1.01. The quantitative estimate of drug-likeness (QED) is 0.609. The van der Waals surface area contributed by atoms with Crippen LogP contribution in [0.2, 0.25) is 0 Å². The van der Waals surface area contributed by atoms with Gasteiger partial charge in [0, 0.05) is 22.9 Å². The van der Waals surface area contributed by atoms with Crippen LogP contribution in [0.15, 0.2) is 17.2 Å². The van der Waals surface area contributed by atoms with Crippen LogP contribution >= 0.6 is 10.7 Å². The molecule has 0 unspecified atom stereocenters. The van der Waals surface area contributed by atoms with Crippen LogP contribution in [0.5, 0.6) is 0 Å². The molecular formula is C14H22ClNO4S. The van der Waals surface area contributed by atoms with Gasteiger partial charge >= 0.3 is 5.97 Å². The molecule has 0 spiro atoms. The standard InChI is InChI=1S/C14H22ClNO4S/c1-10(2)16-9-11(21(15,18)19)8-12(16)13(17)20-7-6-14(3,4)5/h8-10H,6-7H2,1-5H3. The summed E-state index contributed by atoms with van der Waals surface area (Å²) < 4.78 is 29.6. The van der Waals surface area contributed by atoms with E-state index in [1.807, 2.05) is 13.8 Å². The van der Waals surface area contributed by atoms with Crippen molar-refractivity contribution in [3.05, 3.63) is 18.0 Å². The fourth-order valence-electron chi connectivity index (χ4n) is 1.70. The lowest BCUT2D eigenvalue weighted by molar-refractivity contribution is 0.0450. The first-order chi connectivity index (χ1) is 9.42. The van der Waals surface area contributed by atoms with E-state index >= 15 is 0 Å². The number of aromatic nitrogens is 1. The molecule has 0 fully saturated rings. The molecule has 7 heteroatoms. The molecule has 0 aromatic carbocycles. The number of halogens is 1. The second-order valence-corrected chi connectivity index (χ2v) is 9.01. The number of carbonyl (C=O) groups is 1. The molecule has 0 bridgehead atoms. The lowest BCUT2D eigenvalue weighted by Gasteiger charge is -2.18. The molecule has 0 saturated heterocycles. The van der Waals surface area contributed by atoms with Gasteiger partial charge in [0.1, 0.15) is 10.6 Å². The number of ether oxygens (including phenoxy) is 1. The molecular weight excluding hydrogens is 314 g/mol. The molecule has 21 heavy (non-hydrogen) atoms. The van der Waals surface area contributed by atoms with Gasteiger partial charge in [-0.3, -0.25) is 0 Å². The third-order valence-corrected chi connectivity index (χ3v) is 4.28. The summed E-state index contributed by atoms with van der Waals surface area (Å²) in [6.45, 7) is 10.1. The molecule has 0 aliphatic heterocycles. The van der Waals surface area contributed by atoms with Crippen LogP contribution < -0.4 is 0 Å². The minimum atomic E-state index is -3.87. The summed E-state index contributed by atoms with van der Waals surface area (Å²) in [6, 6.07) is 1.17. The number of hydrogen-bond donors (Lipinski definition) is 0. The first-order valence-corrected chi connectivity index (χ1v) is 9.06. The molecule has 0 N–H and O–H groups in total. The summed E-state index contributed by atoms with van der Waals surface area (Å²) in [5, 5.41) is 0. The van der Waals surface area contributed by atoms with Gasteiger partial charge in [0.25, 0.3) is 9.05 Å². The summed E-state index contributed by atoms with van der Waals surface area (Å²) in [6.07, 6.45) is 2.08. The van der Waals surface area contributed by atoms with Crippen molar-refractivity contribution in [1.29, 1.82) is 0 Å². The second-order valence-electron chi connectivity index (χ2n) is 6.45. The molecule has 5 nitrogen and oxygen atoms in total. The molecule has 1 heterocycles. The Bertz CT molecular complexity index is 611. The first kappa shape index (κ1) is 18.0. The van der Waals surface area contributed by atoms with Crippen molar-refractivity contribution >= 4 is 25.7 Å². The van der Waals surface area contributed by atoms with E-state index in [1.54, 1.807) is 4.57 Å². The molecule has 1 aromatic heterocycles. The topological polar surface area (TPSA) is 65.4 Å². The van der Waals surface area contributed by atoms with Gasteiger partial charge in [0.15, 0.2) is 0 Å². The number of esters is 1. The largest absolute Gasteiger partial charge is 0.461 e. The third-order valence-electron chi connectivity index (χ3n) is 2.96. The Labute approximate surface area is 130 Å². The molecule has 1 aromatic rings. The van der Waals surface area contributed by atoms with E-state index in [9.17, 15) is 13.2 Å². The molecule has 0 amide bonds. The Morgan fingerprint density at radius 1 is 1.38 bits per heavy atom. The molecule has 0 radical (unpaired) electrons. The van der Waals surface area contributed by atoms with E-state index in [0.717, 1.165) is 6.42 Å². The Kier molecular flexibility index (Phi) is 5.50. The van der Waals surface area contributed by atoms with Crippen molar-refractivity contribution < 1.29 is 17.9 Å². The van der Waals surface area contributed by atoms with E-state index < -0.39 is 15.0 Å². The maximum Gasteiger partial charge on any atom is 0.354 e. The van der Waals surface area contributed by atoms with Gasteiger partial charge in [-0.15, -0.1) is 0 Å². The van der Waals surface area contributed by atoms with E-state index in [0.29, 0.717) is 0 Å². The third kappa shape index (κ3) is 5.36. The van der Waals surface area contributed by atoms with Crippen molar-refractivity contribution in [3.63, 3.8) is 0 Å². The van der Waals surface area contributed by atoms with Crippen molar-refractivity contribution in [2.24, 2.45) is 5.41 Å². The van der Waals surface area contributed by atoms with Gasteiger partial charge in [0.05, 0.1) is 6.61 Å². The number of rotatable bonds is 5. The summed E-state index contributed by atoms with van der Waals surface area (Å²) in [5.74, 6) is -0.542. The maximum absolute atomic E-state index is 12.1. The molecule has 0 saturated carbocycles. The average molecular weight is 336 g/mol. The van der Waals surface area contributed by atoms with E-state index in [2.05, 4.69) is 20.8 Å². The molecule has 0 aliphatic carbocycles. The van der Waals surface area contributed by atoms with Crippen LogP contribution in [-0.2, 0) is 13.8 Å². The van der Waals surface area contributed by atoms with Gasteiger partial charge in [0.2, 0.25) is 0 Å². The average Bonchev–Trinajstić information content (AvgIpc) is 2.71. The van der Waals surface area contributed by atoms with Crippen molar-refractivity contribution in [2.45, 2.75) is 52.0 Å². The summed E-state index contributed by atoms with van der Waals surface area (Å²) in [4.78, 5) is 12.0. The second kappa shape index (κ2) is 6.40. The van der Waals surface area contributed by atoms with E-state index in [1.165, 1.54) is 12.3 Å². The summed E-state index contributed by atoms with van der Waals surface area (Å²) in [7, 11) is 1.45. The predicted octanol–water partition coefficient (Wildman–Crippen LogP) is 3.59. The van der Waals surface area contributed by atoms with E-state index in [-0.39, 0.29) is 28.7 Å². The zero-order chi connectivity index (χ0) is 16.4. The van der Waals surface area contributed by atoms with Crippen molar-refractivity contribution in [3.8, 4) is 0 Å². The number of carbonyl (C=O) groups excluding carboxylic acids is 1. The normalized spacial score (nSPS) is 12.7. The lowest BCUT2D eigenvalue weighted by atomic mass is 9.93. The highest BCUT2D eigenvalue weighted by atomic mass is 35.7. The van der Waals surface area contributed by atoms with Gasteiger partial charge in [-0.25, -0.2) is 13.2 Å². The van der Waals surface area contributed by atoms with Gasteiger partial charge in [-0.2, -0.15) is 0 Å². The molecule has 1 rings (SSSR count). The van der Waals surface area contributed by atoms with Crippen LogP contribution in [-0.4, -0.2) is 25.6 Å². The number of nitrogens with zero attached hydrogens (tertiary/aromatic N) is 1. The van der Waals surface area contributed by atoms with Crippen LogP contribution in [0.3, 0.4) is 0 Å². The van der Waals surface area contributed by atoms with Crippen LogP contribution in [0.25, 0.3) is 0 Å². The minimum Gasteiger partial charge on any atom is -0.461 e. The Balaban J connectivity index is 2.95. The summed E-state index contributed by atoms with van der Waals surface area (Å²) in [5.41, 5.74) is 0.253. The molecule has 0 aliphatic rings. The van der Waals surface area contributed by atoms with Crippen LogP contribution in [0.1, 0.15) is 57.6 Å². The highest BCUT2D eigenvalue weighted by Crippen LogP contribution is 2.23. The fraction of sp³-hybridized carbons (Fsp3) is 0.643. The first-order valence-electron chi connectivity index (χ1n) is 6.75. The number of hydrogen-bond acceptors (Lipinski definition) is 4. The predicted molar refractivity (Wildman–Crippen MR) is 82.2 cm³/mol. The van der Waals surface area contributed by atoms with Crippen molar-refractivity contribution in [2.75, 3.05) is 6.61 Å². The minimum absolute atomic E-state index is 0.0605. The maximum atomic E-state index is 12.1. The molecule has 0 atom stereocenters. The lowest BCUT2D eigenvalue weighted by Crippen LogP contribution is -2.16. The monoisotopic (exact) mass is 335 g/mol. The Morgan fingerprint density at radius 3 is 2.38 bits per heavy atom. The Morgan fingerprint density at radius 2 is 1.95 bits per heavy atom. The summed E-state index contributed by atoms with van der Waals surface area (Å²) >= 11 is 0. The highest BCUT2D eigenvalue weighted by Gasteiger charge is 2.22. The van der Waals surface area contributed by atoms with Gasteiger partial charge in [-0.05, 0) is 31.7 Å². The highest BCUT2D eigenvalue weighted by molar-refractivity contribution is 8.13. The van der Waals surface area contributed by atoms with Gasteiger partial charge in [-0.1, -0.05) is 20.8 Å². The SMILES string of the molecule is CC(C)n1cc(S(=O)(=O)Cl)cc1C(=O)OCCC(C)(C)C. The molecule has 120 valence electrons. The van der Waals surface area contributed by atoms with Gasteiger partial charge < -0.3 is 9.30 Å². The zero-order valence-electron chi connectivity index (χ0n) is 13.0. The van der Waals surface area contributed by atoms with Crippen LogP contribution in [0, 0.1) is 5.41 Å². The zero-order valence-corrected chi connectivity index (χ0v) is 14.6.